The molecular weight excluding hydrogens is 434 g/mol. The summed E-state index contributed by atoms with van der Waals surface area (Å²) in [5, 5.41) is 11.5. The molecule has 1 aliphatic rings. The molecule has 0 spiro atoms. The third-order valence-corrected chi connectivity index (χ3v) is 6.92. The maximum absolute atomic E-state index is 11.7. The number of hydrogen-bond acceptors (Lipinski definition) is 4. The van der Waals surface area contributed by atoms with E-state index in [0.717, 1.165) is 56.8 Å². The fraction of sp³-hybridized carbons (Fsp3) is 0.233. The molecule has 0 atom stereocenters. The lowest BCUT2D eigenvalue weighted by molar-refractivity contribution is 0.0706. The van der Waals surface area contributed by atoms with Gasteiger partial charge in [0.1, 0.15) is 0 Å². The fourth-order valence-corrected chi connectivity index (χ4v) is 4.82. The maximum Gasteiger partial charge on any atom is 0.274 e. The van der Waals surface area contributed by atoms with Crippen LogP contribution in [0.2, 0.25) is 0 Å². The van der Waals surface area contributed by atoms with E-state index in [1.54, 1.807) is 17.6 Å². The summed E-state index contributed by atoms with van der Waals surface area (Å²) in [5.41, 5.74) is 6.85. The Morgan fingerprint density at radius 2 is 1.43 bits per heavy atom. The Bertz CT molecular complexity index is 1290. The van der Waals surface area contributed by atoms with Gasteiger partial charge in [0.2, 0.25) is 0 Å². The predicted molar refractivity (Wildman–Crippen MR) is 140 cm³/mol. The van der Waals surface area contributed by atoms with Crippen LogP contribution < -0.4 is 5.48 Å². The topological polar surface area (TPSA) is 55.8 Å². The van der Waals surface area contributed by atoms with Crippen LogP contribution in [0.3, 0.4) is 0 Å². The monoisotopic (exact) mass is 465 g/mol. The first-order chi connectivity index (χ1) is 17.2. The van der Waals surface area contributed by atoms with E-state index in [4.69, 9.17) is 5.21 Å². The van der Waals surface area contributed by atoms with Crippen molar-refractivity contribution in [1.82, 2.24) is 15.3 Å². The number of amides is 1. The summed E-state index contributed by atoms with van der Waals surface area (Å²) in [4.78, 5) is 16.8. The first-order valence-corrected chi connectivity index (χ1v) is 12.2. The Balaban J connectivity index is 1.11. The van der Waals surface area contributed by atoms with Crippen molar-refractivity contribution in [2.45, 2.75) is 13.0 Å². The summed E-state index contributed by atoms with van der Waals surface area (Å²) in [6, 6.07) is 31.2. The Hall–Kier alpha value is -3.51. The minimum Gasteiger partial charge on any atom is -0.300 e. The molecule has 5 rings (SSSR count). The lowest BCUT2D eigenvalue weighted by Crippen LogP contribution is -2.46. The van der Waals surface area contributed by atoms with Gasteiger partial charge in [-0.3, -0.25) is 14.9 Å². The number of fused-ring (bicyclic) bond motifs is 1. The van der Waals surface area contributed by atoms with E-state index < -0.39 is 5.91 Å². The molecule has 0 aromatic heterocycles. The zero-order chi connectivity index (χ0) is 24.0. The highest BCUT2D eigenvalue weighted by atomic mass is 16.5. The van der Waals surface area contributed by atoms with Gasteiger partial charge >= 0.3 is 0 Å². The van der Waals surface area contributed by atoms with Crippen molar-refractivity contribution in [2.24, 2.45) is 0 Å². The number of rotatable bonds is 7. The molecule has 0 aliphatic carbocycles. The normalized spacial score (nSPS) is 14.8. The van der Waals surface area contributed by atoms with Crippen molar-refractivity contribution in [3.63, 3.8) is 0 Å². The van der Waals surface area contributed by atoms with Gasteiger partial charge in [0, 0.05) is 44.8 Å². The van der Waals surface area contributed by atoms with E-state index in [1.807, 2.05) is 12.1 Å². The fourth-order valence-electron chi connectivity index (χ4n) is 4.82. The smallest absolute Gasteiger partial charge is 0.274 e. The van der Waals surface area contributed by atoms with Gasteiger partial charge in [0.05, 0.1) is 0 Å². The van der Waals surface area contributed by atoms with Gasteiger partial charge in [-0.1, -0.05) is 78.9 Å². The van der Waals surface area contributed by atoms with Gasteiger partial charge < -0.3 is 4.90 Å². The van der Waals surface area contributed by atoms with Crippen molar-refractivity contribution in [3.05, 3.63) is 108 Å². The van der Waals surface area contributed by atoms with Crippen LogP contribution in [-0.2, 0) is 13.0 Å². The van der Waals surface area contributed by atoms with Crippen molar-refractivity contribution in [2.75, 3.05) is 32.7 Å². The predicted octanol–water partition coefficient (Wildman–Crippen LogP) is 4.99. The van der Waals surface area contributed by atoms with E-state index in [0.29, 0.717) is 5.56 Å². The molecule has 1 aliphatic heterocycles. The highest BCUT2D eigenvalue weighted by Crippen LogP contribution is 2.22. The van der Waals surface area contributed by atoms with Gasteiger partial charge in [0.15, 0.2) is 0 Å². The molecule has 5 heteroatoms. The number of benzene rings is 4. The van der Waals surface area contributed by atoms with Crippen molar-refractivity contribution in [3.8, 4) is 11.1 Å². The van der Waals surface area contributed by atoms with Crippen LogP contribution in [-0.4, -0.2) is 53.6 Å². The van der Waals surface area contributed by atoms with Crippen molar-refractivity contribution < 1.29 is 10.0 Å². The third-order valence-electron chi connectivity index (χ3n) is 6.92. The molecular formula is C30H31N3O2. The lowest BCUT2D eigenvalue weighted by atomic mass is 10.0. The Labute approximate surface area is 206 Å². The molecule has 2 N–H and O–H groups in total. The molecule has 0 bridgehead atoms. The number of carbonyl (C=O) groups is 1. The summed E-state index contributed by atoms with van der Waals surface area (Å²) in [6.45, 7) is 6.42. The Morgan fingerprint density at radius 1 is 0.714 bits per heavy atom. The average Bonchev–Trinajstić information content (AvgIpc) is 2.92. The number of hydroxylamine groups is 1. The second-order valence-corrected chi connectivity index (χ2v) is 9.27. The van der Waals surface area contributed by atoms with E-state index in [9.17, 15) is 4.79 Å². The van der Waals surface area contributed by atoms with Gasteiger partial charge in [-0.25, -0.2) is 5.48 Å². The molecule has 178 valence electrons. The minimum absolute atomic E-state index is 0.438. The second-order valence-electron chi connectivity index (χ2n) is 9.27. The number of hydrogen-bond donors (Lipinski definition) is 2. The van der Waals surface area contributed by atoms with E-state index in [1.165, 1.54) is 21.9 Å². The van der Waals surface area contributed by atoms with Gasteiger partial charge in [0.25, 0.3) is 5.91 Å². The van der Waals surface area contributed by atoms with Crippen LogP contribution in [0.15, 0.2) is 91.0 Å². The van der Waals surface area contributed by atoms with Crippen molar-refractivity contribution >= 4 is 16.7 Å². The van der Waals surface area contributed by atoms with Crippen LogP contribution in [0.5, 0.6) is 0 Å². The van der Waals surface area contributed by atoms with Gasteiger partial charge in [-0.2, -0.15) is 0 Å². The summed E-state index contributed by atoms with van der Waals surface area (Å²) < 4.78 is 0. The van der Waals surface area contributed by atoms with Gasteiger partial charge in [-0.15, -0.1) is 0 Å². The molecule has 35 heavy (non-hydrogen) atoms. The first-order valence-electron chi connectivity index (χ1n) is 12.2. The second kappa shape index (κ2) is 10.8. The number of nitrogens with zero attached hydrogens (tertiary/aromatic N) is 2. The van der Waals surface area contributed by atoms with E-state index in [2.05, 4.69) is 76.5 Å². The third kappa shape index (κ3) is 5.77. The zero-order valence-corrected chi connectivity index (χ0v) is 19.9. The molecule has 1 heterocycles. The molecule has 1 saturated heterocycles. The van der Waals surface area contributed by atoms with E-state index >= 15 is 0 Å². The van der Waals surface area contributed by atoms with Gasteiger partial charge in [-0.05, 0) is 51.6 Å². The zero-order valence-electron chi connectivity index (χ0n) is 19.9. The minimum atomic E-state index is -0.500. The van der Waals surface area contributed by atoms with Crippen LogP contribution in [0.25, 0.3) is 21.9 Å². The number of carbonyl (C=O) groups excluding carboxylic acids is 1. The highest BCUT2D eigenvalue weighted by Gasteiger charge is 2.17. The maximum atomic E-state index is 11.7. The van der Waals surface area contributed by atoms with Crippen LogP contribution >= 0.6 is 0 Å². The molecule has 0 radical (unpaired) electrons. The standard InChI is InChI=1S/C30H31N3O2/c34-30(31-35)29-7-3-6-28(21-29)26-12-9-24(10-13-26)22-33-18-16-32(17-19-33)15-14-23-8-11-25-4-1-2-5-27(25)20-23/h1-13,20-21,35H,14-19,22H2,(H,31,34). The molecule has 1 fully saturated rings. The Kier molecular flexibility index (Phi) is 7.19. The largest absolute Gasteiger partial charge is 0.300 e. The van der Waals surface area contributed by atoms with Crippen LogP contribution in [0.1, 0.15) is 21.5 Å². The summed E-state index contributed by atoms with van der Waals surface area (Å²) >= 11 is 0. The Morgan fingerprint density at radius 3 is 2.20 bits per heavy atom. The molecule has 0 unspecified atom stereocenters. The number of piperazine rings is 1. The number of nitrogens with one attached hydrogen (secondary N) is 1. The highest BCUT2D eigenvalue weighted by molar-refractivity contribution is 5.94. The van der Waals surface area contributed by atoms with E-state index in [-0.39, 0.29) is 0 Å². The summed E-state index contributed by atoms with van der Waals surface area (Å²) in [5.74, 6) is -0.500. The quantitative estimate of drug-likeness (QED) is 0.298. The average molecular weight is 466 g/mol. The molecule has 1 amide bonds. The summed E-state index contributed by atoms with van der Waals surface area (Å²) in [7, 11) is 0. The molecule has 4 aromatic rings. The molecule has 5 nitrogen and oxygen atoms in total. The molecule has 0 saturated carbocycles. The molecule has 4 aromatic carbocycles. The SMILES string of the molecule is O=C(NO)c1cccc(-c2ccc(CN3CCN(CCc4ccc5ccccc5c4)CC3)cc2)c1. The lowest BCUT2D eigenvalue weighted by Gasteiger charge is -2.34. The van der Waals surface area contributed by atoms with Crippen LogP contribution in [0.4, 0.5) is 0 Å². The summed E-state index contributed by atoms with van der Waals surface area (Å²) in [6.07, 6.45) is 1.09. The van der Waals surface area contributed by atoms with Crippen LogP contribution in [0, 0.1) is 0 Å². The van der Waals surface area contributed by atoms with Crippen molar-refractivity contribution in [1.29, 1.82) is 0 Å². The first kappa shape index (κ1) is 23.2.